The Hall–Kier alpha value is -1.94. The lowest BCUT2D eigenvalue weighted by atomic mass is 10.2. The predicted molar refractivity (Wildman–Crippen MR) is 75.9 cm³/mol. The normalized spacial score (nSPS) is 10.7. The molecular weight excluding hydrogens is 264 g/mol. The van der Waals surface area contributed by atoms with Crippen molar-refractivity contribution >= 4 is 23.2 Å². The van der Waals surface area contributed by atoms with Gasteiger partial charge >= 0.3 is 0 Å². The lowest BCUT2D eigenvalue weighted by molar-refractivity contribution is 0.101. The molecule has 0 spiro atoms. The second-order valence-corrected chi connectivity index (χ2v) is 4.92. The third-order valence-corrected chi connectivity index (χ3v) is 3.08. The van der Waals surface area contributed by atoms with Crippen LogP contribution in [-0.4, -0.2) is 15.6 Å². The summed E-state index contributed by atoms with van der Waals surface area (Å²) < 4.78 is 1.88. The summed E-state index contributed by atoms with van der Waals surface area (Å²) in [4.78, 5) is 12.2. The minimum absolute atomic E-state index is 0.0635. The van der Waals surface area contributed by atoms with E-state index in [2.05, 4.69) is 5.32 Å². The highest BCUT2D eigenvalue weighted by Crippen LogP contribution is 2.26. The maximum Gasteiger partial charge on any atom is 0.272 e. The van der Waals surface area contributed by atoms with Gasteiger partial charge in [0, 0.05) is 18.3 Å². The molecule has 0 bridgehead atoms. The van der Waals surface area contributed by atoms with Crippen LogP contribution in [0.1, 0.15) is 30.4 Å². The zero-order valence-corrected chi connectivity index (χ0v) is 11.5. The van der Waals surface area contributed by atoms with Crippen LogP contribution in [0, 0.1) is 0 Å². The molecule has 0 saturated heterocycles. The first kappa shape index (κ1) is 13.5. The van der Waals surface area contributed by atoms with E-state index in [0.717, 1.165) is 0 Å². The summed E-state index contributed by atoms with van der Waals surface area (Å²) in [5, 5.41) is 12.3. The van der Waals surface area contributed by atoms with Crippen LogP contribution < -0.4 is 5.32 Å². The van der Waals surface area contributed by atoms with Gasteiger partial charge in [0.1, 0.15) is 11.4 Å². The third-order valence-electron chi connectivity index (χ3n) is 2.77. The number of benzene rings is 1. The second kappa shape index (κ2) is 5.36. The first-order chi connectivity index (χ1) is 8.99. The zero-order chi connectivity index (χ0) is 14.0. The molecule has 1 heterocycles. The predicted octanol–water partition coefficient (Wildman–Crippen LogP) is 3.68. The quantitative estimate of drug-likeness (QED) is 0.842. The molecular formula is C14H15ClN2O2. The SMILES string of the molecule is CC(C)n1cccc1C(=O)Nc1ccc(O)cc1Cl. The fourth-order valence-corrected chi connectivity index (χ4v) is 2.05. The zero-order valence-electron chi connectivity index (χ0n) is 10.7. The van der Waals surface area contributed by atoms with Gasteiger partial charge in [0.2, 0.25) is 0 Å². The van der Waals surface area contributed by atoms with E-state index in [-0.39, 0.29) is 17.7 Å². The molecule has 1 amide bonds. The number of nitrogens with zero attached hydrogens (tertiary/aromatic N) is 1. The van der Waals surface area contributed by atoms with Gasteiger partial charge in [-0.05, 0) is 38.1 Å². The van der Waals surface area contributed by atoms with E-state index < -0.39 is 0 Å². The monoisotopic (exact) mass is 278 g/mol. The smallest absolute Gasteiger partial charge is 0.272 e. The number of carbonyl (C=O) groups excluding carboxylic acids is 1. The van der Waals surface area contributed by atoms with Gasteiger partial charge in [-0.25, -0.2) is 0 Å². The topological polar surface area (TPSA) is 54.3 Å². The van der Waals surface area contributed by atoms with Crippen LogP contribution in [0.25, 0.3) is 0 Å². The summed E-state index contributed by atoms with van der Waals surface area (Å²) in [5.41, 5.74) is 1.04. The van der Waals surface area contributed by atoms with Crippen LogP contribution in [0.5, 0.6) is 5.75 Å². The molecule has 2 N–H and O–H groups in total. The summed E-state index contributed by atoms with van der Waals surface area (Å²) in [5.74, 6) is -0.167. The third kappa shape index (κ3) is 2.90. The Morgan fingerprint density at radius 1 is 1.37 bits per heavy atom. The molecule has 0 aliphatic carbocycles. The molecule has 1 aromatic heterocycles. The van der Waals surface area contributed by atoms with Crippen LogP contribution in [0.3, 0.4) is 0 Å². The summed E-state index contributed by atoms with van der Waals surface area (Å²) in [6.45, 7) is 4.01. The maximum absolute atomic E-state index is 12.2. The van der Waals surface area contributed by atoms with Crippen LogP contribution >= 0.6 is 11.6 Å². The number of rotatable bonds is 3. The summed E-state index contributed by atoms with van der Waals surface area (Å²) in [6, 6.07) is 8.21. The number of hydrogen-bond acceptors (Lipinski definition) is 2. The number of phenolic OH excluding ortho intramolecular Hbond substituents is 1. The molecule has 5 heteroatoms. The molecule has 0 unspecified atom stereocenters. The number of carbonyl (C=O) groups is 1. The van der Waals surface area contributed by atoms with Gasteiger partial charge in [0.25, 0.3) is 5.91 Å². The number of aromatic nitrogens is 1. The highest BCUT2D eigenvalue weighted by atomic mass is 35.5. The van der Waals surface area contributed by atoms with Crippen molar-refractivity contribution in [1.29, 1.82) is 0 Å². The molecule has 100 valence electrons. The molecule has 4 nitrogen and oxygen atoms in total. The largest absolute Gasteiger partial charge is 0.508 e. The van der Waals surface area contributed by atoms with Gasteiger partial charge in [-0.2, -0.15) is 0 Å². The molecule has 0 aliphatic rings. The summed E-state index contributed by atoms with van der Waals surface area (Å²) in [7, 11) is 0. The number of halogens is 1. The first-order valence-electron chi connectivity index (χ1n) is 5.95. The van der Waals surface area contributed by atoms with Gasteiger partial charge in [-0.15, -0.1) is 0 Å². The van der Waals surface area contributed by atoms with E-state index in [1.54, 1.807) is 12.1 Å². The number of phenols is 1. The lowest BCUT2D eigenvalue weighted by Gasteiger charge is -2.13. The van der Waals surface area contributed by atoms with Crippen LogP contribution in [0.4, 0.5) is 5.69 Å². The van der Waals surface area contributed by atoms with Crippen LogP contribution in [0.15, 0.2) is 36.5 Å². The molecule has 0 saturated carbocycles. The van der Waals surface area contributed by atoms with Crippen molar-refractivity contribution in [1.82, 2.24) is 4.57 Å². The average Bonchev–Trinajstić information content (AvgIpc) is 2.82. The summed E-state index contributed by atoms with van der Waals surface area (Å²) >= 11 is 5.96. The minimum atomic E-state index is -0.230. The van der Waals surface area contributed by atoms with Crippen LogP contribution in [0.2, 0.25) is 5.02 Å². The molecule has 0 fully saturated rings. The Labute approximate surface area is 116 Å². The first-order valence-corrected chi connectivity index (χ1v) is 6.33. The highest BCUT2D eigenvalue weighted by molar-refractivity contribution is 6.34. The Morgan fingerprint density at radius 3 is 2.74 bits per heavy atom. The van der Waals surface area contributed by atoms with E-state index in [1.165, 1.54) is 12.1 Å². The lowest BCUT2D eigenvalue weighted by Crippen LogP contribution is -2.17. The van der Waals surface area contributed by atoms with Crippen LogP contribution in [-0.2, 0) is 0 Å². The fraction of sp³-hybridized carbons (Fsp3) is 0.214. The van der Waals surface area contributed by atoms with E-state index in [4.69, 9.17) is 11.6 Å². The standard InChI is InChI=1S/C14H15ClN2O2/c1-9(2)17-7-3-4-13(17)14(19)16-12-6-5-10(18)8-11(12)15/h3-9,18H,1-2H3,(H,16,19). The molecule has 2 aromatic rings. The van der Waals surface area contributed by atoms with E-state index in [9.17, 15) is 9.90 Å². The van der Waals surface area contributed by atoms with Crippen molar-refractivity contribution < 1.29 is 9.90 Å². The Balaban J connectivity index is 2.23. The number of amides is 1. The van der Waals surface area contributed by atoms with Crippen molar-refractivity contribution in [2.24, 2.45) is 0 Å². The average molecular weight is 279 g/mol. The van der Waals surface area contributed by atoms with Gasteiger partial charge in [0.15, 0.2) is 0 Å². The fourth-order valence-electron chi connectivity index (χ4n) is 1.83. The molecule has 2 rings (SSSR count). The van der Waals surface area contributed by atoms with Gasteiger partial charge < -0.3 is 15.0 Å². The van der Waals surface area contributed by atoms with E-state index in [0.29, 0.717) is 16.4 Å². The number of nitrogens with one attached hydrogen (secondary N) is 1. The maximum atomic E-state index is 12.2. The summed E-state index contributed by atoms with van der Waals surface area (Å²) in [6.07, 6.45) is 1.86. The van der Waals surface area contributed by atoms with E-state index >= 15 is 0 Å². The highest BCUT2D eigenvalue weighted by Gasteiger charge is 2.14. The van der Waals surface area contributed by atoms with Crippen molar-refractivity contribution in [3.63, 3.8) is 0 Å². The molecule has 1 aromatic carbocycles. The van der Waals surface area contributed by atoms with Gasteiger partial charge in [-0.1, -0.05) is 11.6 Å². The molecule has 19 heavy (non-hydrogen) atoms. The van der Waals surface area contributed by atoms with E-state index in [1.807, 2.05) is 30.7 Å². The van der Waals surface area contributed by atoms with Crippen molar-refractivity contribution in [3.8, 4) is 5.75 Å². The number of hydrogen-bond donors (Lipinski definition) is 2. The van der Waals surface area contributed by atoms with Crippen molar-refractivity contribution in [2.75, 3.05) is 5.32 Å². The Bertz CT molecular complexity index is 605. The van der Waals surface area contributed by atoms with Crippen molar-refractivity contribution in [3.05, 3.63) is 47.2 Å². The number of anilines is 1. The second-order valence-electron chi connectivity index (χ2n) is 4.51. The Kier molecular flexibility index (Phi) is 3.81. The number of aromatic hydroxyl groups is 1. The van der Waals surface area contributed by atoms with Crippen molar-refractivity contribution in [2.45, 2.75) is 19.9 Å². The van der Waals surface area contributed by atoms with Gasteiger partial charge in [-0.3, -0.25) is 4.79 Å². The molecule has 0 radical (unpaired) electrons. The minimum Gasteiger partial charge on any atom is -0.508 e. The van der Waals surface area contributed by atoms with Gasteiger partial charge in [0.05, 0.1) is 10.7 Å². The molecule has 0 atom stereocenters. The Morgan fingerprint density at radius 2 is 2.11 bits per heavy atom. The molecule has 0 aliphatic heterocycles.